The molecule has 0 saturated heterocycles. The maximum absolute atomic E-state index is 11.4. The average molecular weight is 263 g/mol. The van der Waals surface area contributed by atoms with E-state index in [4.69, 9.17) is 0 Å². The number of hydrogen-bond acceptors (Lipinski definition) is 4. The van der Waals surface area contributed by atoms with Crippen molar-refractivity contribution < 1.29 is 18.7 Å². The summed E-state index contributed by atoms with van der Waals surface area (Å²) in [7, 11) is 0. The predicted octanol–water partition coefficient (Wildman–Crippen LogP) is 0.182. The molecular weight excluding hydrogens is 234 g/mol. The highest BCUT2D eigenvalue weighted by Crippen LogP contribution is 2.00. The van der Waals surface area contributed by atoms with Gasteiger partial charge in [0.15, 0.2) is 5.78 Å². The molecule has 0 aromatic carbocycles. The Morgan fingerprint density at radius 2 is 1.56 bits per heavy atom. The van der Waals surface area contributed by atoms with Crippen LogP contribution in [0, 0.1) is 5.92 Å². The molecule has 0 aliphatic carbocycles. The van der Waals surface area contributed by atoms with Crippen molar-refractivity contribution in [3.63, 3.8) is 0 Å². The number of carbonyl (C=O) groups excluding carboxylic acids is 3. The van der Waals surface area contributed by atoms with Gasteiger partial charge in [-0.2, -0.15) is 0 Å². The second-order valence-electron chi connectivity index (χ2n) is 4.11. The van der Waals surface area contributed by atoms with Crippen LogP contribution in [0.2, 0.25) is 0 Å². The maximum atomic E-state index is 11.4. The Kier molecular flexibility index (Phi) is 8.82. The molecule has 2 amide bonds. The third kappa shape index (κ3) is 7.78. The minimum absolute atomic E-state index is 0. The van der Waals surface area contributed by atoms with Gasteiger partial charge in [0.05, 0.1) is 19.6 Å². The van der Waals surface area contributed by atoms with Crippen molar-refractivity contribution in [2.75, 3.05) is 26.2 Å². The molecule has 110 valence electrons. The first-order valence-corrected chi connectivity index (χ1v) is 6.28. The van der Waals surface area contributed by atoms with Crippen LogP contribution in [0.5, 0.6) is 0 Å². The van der Waals surface area contributed by atoms with Gasteiger partial charge in [-0.05, 0) is 13.0 Å². The molecule has 0 bridgehead atoms. The third-order valence-electron chi connectivity index (χ3n) is 2.60. The van der Waals surface area contributed by atoms with E-state index in [9.17, 15) is 14.4 Å². The summed E-state index contributed by atoms with van der Waals surface area (Å²) in [5.74, 6) is -0.629. The standard InChI is InChI=1S/C12H23N3O3.3H2/c1-4-9(3)10(16)6-14-12(18)8-15-11(17)7-13-5-2;;;/h9,13H,4-8H2,1-3H3,(H,14,18)(H,15,17);3*1H. The third-order valence-corrected chi connectivity index (χ3v) is 2.60. The Labute approximate surface area is 112 Å². The first kappa shape index (κ1) is 16.6. The number of likely N-dealkylation sites (N-methyl/N-ethyl adjacent to an activating group) is 1. The van der Waals surface area contributed by atoms with Crippen LogP contribution >= 0.6 is 0 Å². The van der Waals surface area contributed by atoms with Gasteiger partial charge in [0.1, 0.15) is 0 Å². The number of rotatable bonds is 9. The molecule has 3 N–H and O–H groups in total. The van der Waals surface area contributed by atoms with Gasteiger partial charge in [0, 0.05) is 10.2 Å². The zero-order valence-electron chi connectivity index (χ0n) is 11.3. The van der Waals surface area contributed by atoms with Crippen LogP contribution in [-0.2, 0) is 14.4 Å². The molecule has 0 saturated carbocycles. The number of carbonyl (C=O) groups is 3. The van der Waals surface area contributed by atoms with Crippen LogP contribution in [0.4, 0.5) is 0 Å². The molecule has 0 rings (SSSR count). The number of amides is 2. The summed E-state index contributed by atoms with van der Waals surface area (Å²) in [6, 6.07) is 0. The summed E-state index contributed by atoms with van der Waals surface area (Å²) in [5.41, 5.74) is 0. The van der Waals surface area contributed by atoms with E-state index in [1.165, 1.54) is 0 Å². The van der Waals surface area contributed by atoms with E-state index in [1.807, 2.05) is 20.8 Å². The summed E-state index contributed by atoms with van der Waals surface area (Å²) >= 11 is 0. The van der Waals surface area contributed by atoms with Crippen molar-refractivity contribution in [3.05, 3.63) is 0 Å². The Morgan fingerprint density at radius 1 is 1.00 bits per heavy atom. The normalized spacial score (nSPS) is 11.7. The van der Waals surface area contributed by atoms with E-state index in [-0.39, 0.29) is 47.4 Å². The van der Waals surface area contributed by atoms with E-state index in [2.05, 4.69) is 16.0 Å². The van der Waals surface area contributed by atoms with Gasteiger partial charge >= 0.3 is 0 Å². The SMILES string of the molecule is CCNCC(=O)NCC(=O)NCC(=O)C(C)CC.[HH].[HH].[HH]. The van der Waals surface area contributed by atoms with Gasteiger partial charge in [0.25, 0.3) is 0 Å². The summed E-state index contributed by atoms with van der Waals surface area (Å²) in [6.07, 6.45) is 0.758. The first-order chi connectivity index (χ1) is 8.51. The van der Waals surface area contributed by atoms with Gasteiger partial charge < -0.3 is 16.0 Å². The lowest BCUT2D eigenvalue weighted by Gasteiger charge is -2.09. The van der Waals surface area contributed by atoms with Crippen molar-refractivity contribution in [3.8, 4) is 0 Å². The van der Waals surface area contributed by atoms with Crippen LogP contribution in [0.25, 0.3) is 0 Å². The molecule has 6 heteroatoms. The lowest BCUT2D eigenvalue weighted by molar-refractivity contribution is -0.127. The largest absolute Gasteiger partial charge is 0.347 e. The van der Waals surface area contributed by atoms with Gasteiger partial charge in [-0.1, -0.05) is 20.8 Å². The molecule has 18 heavy (non-hydrogen) atoms. The first-order valence-electron chi connectivity index (χ1n) is 6.28. The van der Waals surface area contributed by atoms with Crippen LogP contribution in [0.3, 0.4) is 0 Å². The molecule has 0 heterocycles. The van der Waals surface area contributed by atoms with Crippen LogP contribution in [-0.4, -0.2) is 43.8 Å². The lowest BCUT2D eigenvalue weighted by Crippen LogP contribution is -2.42. The summed E-state index contributed by atoms with van der Waals surface area (Å²) in [5, 5.41) is 7.79. The van der Waals surface area contributed by atoms with Gasteiger partial charge in [-0.25, -0.2) is 0 Å². The predicted molar refractivity (Wildman–Crippen MR) is 75.4 cm³/mol. The molecule has 0 fully saturated rings. The van der Waals surface area contributed by atoms with Crippen molar-refractivity contribution in [1.29, 1.82) is 0 Å². The lowest BCUT2D eigenvalue weighted by atomic mass is 10.0. The minimum atomic E-state index is -0.350. The molecule has 0 aliphatic rings. The highest BCUT2D eigenvalue weighted by Gasteiger charge is 2.12. The Bertz CT molecular complexity index is 305. The van der Waals surface area contributed by atoms with E-state index >= 15 is 0 Å². The Morgan fingerprint density at radius 3 is 2.11 bits per heavy atom. The second kappa shape index (κ2) is 9.58. The quantitative estimate of drug-likeness (QED) is 0.554. The summed E-state index contributed by atoms with van der Waals surface area (Å²) in [4.78, 5) is 34.0. The molecule has 6 nitrogen and oxygen atoms in total. The molecule has 0 spiro atoms. The topological polar surface area (TPSA) is 87.3 Å². The van der Waals surface area contributed by atoms with Crippen molar-refractivity contribution in [2.45, 2.75) is 27.2 Å². The zero-order valence-corrected chi connectivity index (χ0v) is 11.3. The molecule has 1 unspecified atom stereocenters. The highest BCUT2D eigenvalue weighted by molar-refractivity contribution is 5.89. The molecule has 1 atom stereocenters. The Balaban J connectivity index is -0.000000482. The molecule has 0 aliphatic heterocycles. The monoisotopic (exact) mass is 263 g/mol. The van der Waals surface area contributed by atoms with Crippen LogP contribution < -0.4 is 16.0 Å². The van der Waals surface area contributed by atoms with Crippen molar-refractivity contribution in [1.82, 2.24) is 16.0 Å². The average Bonchev–Trinajstić information content (AvgIpc) is 2.38. The fourth-order valence-electron chi connectivity index (χ4n) is 1.13. The highest BCUT2D eigenvalue weighted by atomic mass is 16.2. The van der Waals surface area contributed by atoms with E-state index < -0.39 is 0 Å². The van der Waals surface area contributed by atoms with Gasteiger partial charge in [0.2, 0.25) is 11.8 Å². The van der Waals surface area contributed by atoms with E-state index in [1.54, 1.807) is 0 Å². The van der Waals surface area contributed by atoms with Crippen molar-refractivity contribution >= 4 is 17.6 Å². The molecular formula is C12H29N3O3. The molecule has 0 aromatic heterocycles. The fourth-order valence-corrected chi connectivity index (χ4v) is 1.13. The number of nitrogens with one attached hydrogen (secondary N) is 3. The molecule has 0 aromatic rings. The van der Waals surface area contributed by atoms with Gasteiger partial charge in [-0.3, -0.25) is 14.4 Å². The number of ketones is 1. The molecule has 0 radical (unpaired) electrons. The second-order valence-corrected chi connectivity index (χ2v) is 4.11. The summed E-state index contributed by atoms with van der Waals surface area (Å²) in [6.45, 7) is 6.45. The Hall–Kier alpha value is -1.43. The zero-order chi connectivity index (χ0) is 14.0. The minimum Gasteiger partial charge on any atom is -0.347 e. The van der Waals surface area contributed by atoms with E-state index in [0.717, 1.165) is 6.42 Å². The fraction of sp³-hybridized carbons (Fsp3) is 0.750. The van der Waals surface area contributed by atoms with Crippen molar-refractivity contribution in [2.24, 2.45) is 5.92 Å². The number of Topliss-reactive ketones (excluding diaryl/α,β-unsaturated/α-hetero) is 1. The summed E-state index contributed by atoms with van der Waals surface area (Å²) < 4.78 is 0. The van der Waals surface area contributed by atoms with Crippen LogP contribution in [0.15, 0.2) is 0 Å². The maximum Gasteiger partial charge on any atom is 0.239 e. The van der Waals surface area contributed by atoms with Crippen LogP contribution in [0.1, 0.15) is 31.5 Å². The van der Waals surface area contributed by atoms with Gasteiger partial charge in [-0.15, -0.1) is 0 Å². The smallest absolute Gasteiger partial charge is 0.239 e. The van der Waals surface area contributed by atoms with E-state index in [0.29, 0.717) is 6.54 Å². The number of hydrogen-bond donors (Lipinski definition) is 3.